The highest BCUT2D eigenvalue weighted by Gasteiger charge is 2.31. The van der Waals surface area contributed by atoms with E-state index in [4.69, 9.17) is 17.3 Å². The number of nitrogens with two attached hydrogens (primary N) is 1. The Morgan fingerprint density at radius 1 is 1.41 bits per heavy atom. The summed E-state index contributed by atoms with van der Waals surface area (Å²) in [5.74, 6) is -0.279. The maximum absolute atomic E-state index is 13.3. The SMILES string of the molecule is CCC(N)(c1cccc(F)c1)c1sccc1Cl. The quantitative estimate of drug-likeness (QED) is 0.890. The molecule has 0 radical (unpaired) electrons. The van der Waals surface area contributed by atoms with Gasteiger partial charge in [-0.15, -0.1) is 11.3 Å². The lowest BCUT2D eigenvalue weighted by Gasteiger charge is -2.28. The highest BCUT2D eigenvalue weighted by atomic mass is 35.5. The van der Waals surface area contributed by atoms with Crippen molar-refractivity contribution in [1.29, 1.82) is 0 Å². The summed E-state index contributed by atoms with van der Waals surface area (Å²) in [7, 11) is 0. The molecular formula is C13H13ClFNS. The third-order valence-corrected chi connectivity index (χ3v) is 4.44. The predicted molar refractivity (Wildman–Crippen MR) is 71.0 cm³/mol. The summed E-state index contributed by atoms with van der Waals surface area (Å²) >= 11 is 7.63. The molecule has 1 aromatic heterocycles. The Bertz CT molecular complexity index is 526. The van der Waals surface area contributed by atoms with Crippen molar-refractivity contribution in [2.45, 2.75) is 18.9 Å². The van der Waals surface area contributed by atoms with Gasteiger partial charge >= 0.3 is 0 Å². The van der Waals surface area contributed by atoms with E-state index in [0.717, 1.165) is 10.4 Å². The molecule has 1 nitrogen and oxygen atoms in total. The molecule has 1 atom stereocenters. The van der Waals surface area contributed by atoms with Crippen LogP contribution in [0.4, 0.5) is 4.39 Å². The van der Waals surface area contributed by atoms with E-state index in [1.165, 1.54) is 23.5 Å². The molecule has 0 fully saturated rings. The minimum Gasteiger partial charge on any atom is -0.317 e. The minimum atomic E-state index is -0.715. The summed E-state index contributed by atoms with van der Waals surface area (Å²) in [5, 5.41) is 2.54. The van der Waals surface area contributed by atoms with Crippen LogP contribution in [0.3, 0.4) is 0 Å². The van der Waals surface area contributed by atoms with Gasteiger partial charge in [0.05, 0.1) is 10.6 Å². The molecule has 90 valence electrons. The Hall–Kier alpha value is -0.900. The van der Waals surface area contributed by atoms with Gasteiger partial charge in [0.2, 0.25) is 0 Å². The molecule has 1 aromatic carbocycles. The number of thiophene rings is 1. The van der Waals surface area contributed by atoms with Crippen molar-refractivity contribution in [2.24, 2.45) is 5.73 Å². The summed E-state index contributed by atoms with van der Waals surface area (Å²) < 4.78 is 13.3. The number of hydrogen-bond donors (Lipinski definition) is 1. The summed E-state index contributed by atoms with van der Waals surface area (Å²) in [5.41, 5.74) is 6.45. The van der Waals surface area contributed by atoms with E-state index in [0.29, 0.717) is 11.4 Å². The topological polar surface area (TPSA) is 26.0 Å². The van der Waals surface area contributed by atoms with E-state index in [-0.39, 0.29) is 5.82 Å². The molecule has 0 saturated carbocycles. The molecule has 0 aliphatic carbocycles. The van der Waals surface area contributed by atoms with Gasteiger partial charge in [-0.05, 0) is 35.6 Å². The maximum Gasteiger partial charge on any atom is 0.123 e. The van der Waals surface area contributed by atoms with Crippen LogP contribution in [0.25, 0.3) is 0 Å². The van der Waals surface area contributed by atoms with Crippen molar-refractivity contribution in [2.75, 3.05) is 0 Å². The van der Waals surface area contributed by atoms with Crippen LogP contribution in [-0.2, 0) is 5.54 Å². The zero-order chi connectivity index (χ0) is 12.5. The Morgan fingerprint density at radius 3 is 2.71 bits per heavy atom. The summed E-state index contributed by atoms with van der Waals surface area (Å²) in [4.78, 5) is 0.882. The van der Waals surface area contributed by atoms with E-state index in [2.05, 4.69) is 0 Å². The molecular weight excluding hydrogens is 257 g/mol. The Balaban J connectivity index is 2.55. The van der Waals surface area contributed by atoms with Crippen molar-refractivity contribution in [3.05, 3.63) is 57.0 Å². The van der Waals surface area contributed by atoms with Gasteiger partial charge in [0.25, 0.3) is 0 Å². The fourth-order valence-corrected chi connectivity index (χ4v) is 3.31. The van der Waals surface area contributed by atoms with Crippen LogP contribution in [0, 0.1) is 5.82 Å². The molecule has 0 saturated heterocycles. The molecule has 0 amide bonds. The van der Waals surface area contributed by atoms with Gasteiger partial charge in [-0.3, -0.25) is 0 Å². The zero-order valence-electron chi connectivity index (χ0n) is 9.41. The number of halogens is 2. The molecule has 2 aromatic rings. The highest BCUT2D eigenvalue weighted by molar-refractivity contribution is 7.10. The second kappa shape index (κ2) is 4.77. The standard InChI is InChI=1S/C13H13ClFNS/c1-2-13(16,12-11(14)6-7-17-12)9-4-3-5-10(15)8-9/h3-8H,2,16H2,1H3. The second-order valence-corrected chi connectivity index (χ2v) is 5.26. The Kier molecular flexibility index (Phi) is 3.52. The molecule has 0 spiro atoms. The Morgan fingerprint density at radius 2 is 2.18 bits per heavy atom. The molecule has 0 bridgehead atoms. The highest BCUT2D eigenvalue weighted by Crippen LogP contribution is 2.38. The largest absolute Gasteiger partial charge is 0.317 e. The van der Waals surface area contributed by atoms with Crippen LogP contribution in [0.15, 0.2) is 35.7 Å². The first-order chi connectivity index (χ1) is 8.08. The third-order valence-electron chi connectivity index (χ3n) is 2.92. The lowest BCUT2D eigenvalue weighted by molar-refractivity contribution is 0.522. The fraction of sp³-hybridized carbons (Fsp3) is 0.231. The average molecular weight is 270 g/mol. The van der Waals surface area contributed by atoms with E-state index in [9.17, 15) is 4.39 Å². The molecule has 2 rings (SSSR count). The van der Waals surface area contributed by atoms with Gasteiger partial charge in [-0.1, -0.05) is 30.7 Å². The molecule has 1 heterocycles. The lowest BCUT2D eigenvalue weighted by atomic mass is 9.87. The number of rotatable bonds is 3. The van der Waals surface area contributed by atoms with Crippen LogP contribution >= 0.6 is 22.9 Å². The summed E-state index contributed by atoms with van der Waals surface area (Å²) in [6.45, 7) is 1.97. The molecule has 0 aliphatic heterocycles. The van der Waals surface area contributed by atoms with Gasteiger partial charge in [-0.2, -0.15) is 0 Å². The molecule has 1 unspecified atom stereocenters. The molecule has 0 aliphatic rings. The van der Waals surface area contributed by atoms with Crippen molar-refractivity contribution in [3.8, 4) is 0 Å². The van der Waals surface area contributed by atoms with E-state index >= 15 is 0 Å². The first kappa shape index (κ1) is 12.6. The maximum atomic E-state index is 13.3. The lowest BCUT2D eigenvalue weighted by Crippen LogP contribution is -2.36. The van der Waals surface area contributed by atoms with Gasteiger partial charge in [0, 0.05) is 4.88 Å². The molecule has 2 N–H and O–H groups in total. The van der Waals surface area contributed by atoms with Gasteiger partial charge < -0.3 is 5.73 Å². The smallest absolute Gasteiger partial charge is 0.123 e. The van der Waals surface area contributed by atoms with Gasteiger partial charge in [0.1, 0.15) is 5.82 Å². The monoisotopic (exact) mass is 269 g/mol. The third kappa shape index (κ3) is 2.23. The number of hydrogen-bond acceptors (Lipinski definition) is 2. The van der Waals surface area contributed by atoms with Crippen LogP contribution in [0.2, 0.25) is 5.02 Å². The van der Waals surface area contributed by atoms with Crippen LogP contribution in [-0.4, -0.2) is 0 Å². The zero-order valence-corrected chi connectivity index (χ0v) is 11.0. The van der Waals surface area contributed by atoms with Crippen molar-refractivity contribution in [3.63, 3.8) is 0 Å². The van der Waals surface area contributed by atoms with Crippen LogP contribution < -0.4 is 5.73 Å². The Labute approximate surface area is 109 Å². The summed E-state index contributed by atoms with van der Waals surface area (Å²) in [6, 6.07) is 8.21. The van der Waals surface area contributed by atoms with Crippen molar-refractivity contribution < 1.29 is 4.39 Å². The first-order valence-corrected chi connectivity index (χ1v) is 6.62. The predicted octanol–water partition coefficient (Wildman–Crippen LogP) is 4.15. The van der Waals surface area contributed by atoms with E-state index in [1.54, 1.807) is 6.07 Å². The van der Waals surface area contributed by atoms with Crippen molar-refractivity contribution in [1.82, 2.24) is 0 Å². The van der Waals surface area contributed by atoms with Crippen LogP contribution in [0.1, 0.15) is 23.8 Å². The first-order valence-electron chi connectivity index (χ1n) is 5.36. The second-order valence-electron chi connectivity index (χ2n) is 3.93. The van der Waals surface area contributed by atoms with E-state index < -0.39 is 5.54 Å². The normalized spacial score (nSPS) is 14.6. The summed E-state index contributed by atoms with van der Waals surface area (Å²) in [6.07, 6.45) is 0.663. The molecule has 4 heteroatoms. The van der Waals surface area contributed by atoms with Crippen LogP contribution in [0.5, 0.6) is 0 Å². The molecule has 17 heavy (non-hydrogen) atoms. The van der Waals surface area contributed by atoms with Crippen molar-refractivity contribution >= 4 is 22.9 Å². The van der Waals surface area contributed by atoms with Gasteiger partial charge in [0.15, 0.2) is 0 Å². The fourth-order valence-electron chi connectivity index (χ4n) is 1.87. The average Bonchev–Trinajstić information content (AvgIpc) is 2.75. The number of benzene rings is 1. The minimum absolute atomic E-state index is 0.279. The van der Waals surface area contributed by atoms with E-state index in [1.807, 2.05) is 24.4 Å². The van der Waals surface area contributed by atoms with Gasteiger partial charge in [-0.25, -0.2) is 4.39 Å².